The Kier molecular flexibility index (Phi) is 3.84. The molecule has 7 nitrogen and oxygen atoms in total. The first kappa shape index (κ1) is 13.5. The lowest BCUT2D eigenvalue weighted by atomic mass is 10.0. The highest BCUT2D eigenvalue weighted by molar-refractivity contribution is 5.43. The maximum Gasteiger partial charge on any atom is 0.331 e. The molecule has 1 aliphatic carbocycles. The van der Waals surface area contributed by atoms with Gasteiger partial charge < -0.3 is 15.2 Å². The van der Waals surface area contributed by atoms with Crippen molar-refractivity contribution in [1.82, 2.24) is 4.98 Å². The number of aromatic nitrogens is 1. The van der Waals surface area contributed by atoms with Gasteiger partial charge in [0.15, 0.2) is 0 Å². The molecule has 1 aliphatic rings. The number of hydrogen-bond acceptors (Lipinski definition) is 6. The summed E-state index contributed by atoms with van der Waals surface area (Å²) in [4.78, 5) is 14.3. The number of ether oxygens (including phenoxy) is 2. The van der Waals surface area contributed by atoms with Gasteiger partial charge in [-0.3, -0.25) is 10.1 Å². The largest absolute Gasteiger partial charge is 0.481 e. The molecule has 104 valence electrons. The number of pyridine rings is 1. The standard InChI is InChI=1S/C12H17N3O4/c1-18-10-5-4-9(15(16)17)11(14-10)19-8-12(13)6-2-3-7-12/h4-5H,2-3,6-8,13H2,1H3. The van der Waals surface area contributed by atoms with E-state index < -0.39 is 10.5 Å². The van der Waals surface area contributed by atoms with Gasteiger partial charge in [0, 0.05) is 12.1 Å². The van der Waals surface area contributed by atoms with Gasteiger partial charge in [0.25, 0.3) is 5.88 Å². The molecule has 0 aliphatic heterocycles. The molecule has 0 saturated heterocycles. The van der Waals surface area contributed by atoms with Crippen LogP contribution in [0.2, 0.25) is 0 Å². The van der Waals surface area contributed by atoms with Crippen LogP contribution >= 0.6 is 0 Å². The van der Waals surface area contributed by atoms with Crippen LogP contribution < -0.4 is 15.2 Å². The van der Waals surface area contributed by atoms with Crippen molar-refractivity contribution in [3.63, 3.8) is 0 Å². The molecule has 0 aromatic carbocycles. The van der Waals surface area contributed by atoms with Crippen molar-refractivity contribution in [3.05, 3.63) is 22.2 Å². The quantitative estimate of drug-likeness (QED) is 0.643. The molecule has 0 radical (unpaired) electrons. The summed E-state index contributed by atoms with van der Waals surface area (Å²) in [7, 11) is 1.44. The maximum atomic E-state index is 10.9. The van der Waals surface area contributed by atoms with E-state index in [0.717, 1.165) is 25.7 Å². The SMILES string of the molecule is COc1ccc([N+](=O)[O-])c(OCC2(N)CCCC2)n1. The molecule has 0 atom stereocenters. The molecule has 7 heteroatoms. The fraction of sp³-hybridized carbons (Fsp3) is 0.583. The number of rotatable bonds is 5. The minimum Gasteiger partial charge on any atom is -0.481 e. The molecule has 0 bridgehead atoms. The molecule has 1 fully saturated rings. The van der Waals surface area contributed by atoms with Crippen LogP contribution in [-0.4, -0.2) is 29.2 Å². The first-order valence-electron chi connectivity index (χ1n) is 6.15. The van der Waals surface area contributed by atoms with Crippen LogP contribution in [-0.2, 0) is 0 Å². The number of hydrogen-bond donors (Lipinski definition) is 1. The lowest BCUT2D eigenvalue weighted by Gasteiger charge is -2.22. The summed E-state index contributed by atoms with van der Waals surface area (Å²) in [5.74, 6) is 0.235. The highest BCUT2D eigenvalue weighted by Crippen LogP contribution is 2.31. The van der Waals surface area contributed by atoms with Gasteiger partial charge in [-0.2, -0.15) is 4.98 Å². The molecule has 2 rings (SSSR count). The second-order valence-electron chi connectivity index (χ2n) is 4.79. The molecule has 2 N–H and O–H groups in total. The summed E-state index contributed by atoms with van der Waals surface area (Å²) >= 11 is 0. The molecule has 1 heterocycles. The van der Waals surface area contributed by atoms with E-state index in [9.17, 15) is 10.1 Å². The van der Waals surface area contributed by atoms with Crippen molar-refractivity contribution in [2.45, 2.75) is 31.2 Å². The highest BCUT2D eigenvalue weighted by atomic mass is 16.6. The van der Waals surface area contributed by atoms with Gasteiger partial charge in [-0.25, -0.2) is 0 Å². The molecule has 19 heavy (non-hydrogen) atoms. The Morgan fingerprint density at radius 1 is 1.47 bits per heavy atom. The van der Waals surface area contributed by atoms with E-state index in [2.05, 4.69) is 4.98 Å². The first-order valence-corrected chi connectivity index (χ1v) is 6.15. The van der Waals surface area contributed by atoms with Gasteiger partial charge >= 0.3 is 5.69 Å². The average Bonchev–Trinajstić information content (AvgIpc) is 2.83. The average molecular weight is 267 g/mol. The van der Waals surface area contributed by atoms with Crippen molar-refractivity contribution in [1.29, 1.82) is 0 Å². The van der Waals surface area contributed by atoms with Gasteiger partial charge in [0.2, 0.25) is 5.88 Å². The Morgan fingerprint density at radius 2 is 2.16 bits per heavy atom. The second-order valence-corrected chi connectivity index (χ2v) is 4.79. The van der Waals surface area contributed by atoms with Gasteiger partial charge in [-0.15, -0.1) is 0 Å². The lowest BCUT2D eigenvalue weighted by Crippen LogP contribution is -2.42. The fourth-order valence-corrected chi connectivity index (χ4v) is 2.21. The monoisotopic (exact) mass is 267 g/mol. The Morgan fingerprint density at radius 3 is 2.74 bits per heavy atom. The predicted molar refractivity (Wildman–Crippen MR) is 68.3 cm³/mol. The highest BCUT2D eigenvalue weighted by Gasteiger charge is 2.31. The van der Waals surface area contributed by atoms with Crippen molar-refractivity contribution >= 4 is 5.69 Å². The molecule has 0 amide bonds. The summed E-state index contributed by atoms with van der Waals surface area (Å²) < 4.78 is 10.4. The zero-order valence-corrected chi connectivity index (χ0v) is 10.8. The third kappa shape index (κ3) is 3.11. The lowest BCUT2D eigenvalue weighted by molar-refractivity contribution is -0.386. The predicted octanol–water partition coefficient (Wildman–Crippen LogP) is 1.65. The Hall–Kier alpha value is -1.89. The van der Waals surface area contributed by atoms with E-state index in [0.29, 0.717) is 0 Å². The van der Waals surface area contributed by atoms with Crippen LogP contribution in [0.1, 0.15) is 25.7 Å². The van der Waals surface area contributed by atoms with E-state index in [-0.39, 0.29) is 24.1 Å². The van der Waals surface area contributed by atoms with Crippen LogP contribution in [0.5, 0.6) is 11.8 Å². The van der Waals surface area contributed by atoms with Crippen molar-refractivity contribution in [2.75, 3.05) is 13.7 Å². The minimum atomic E-state index is -0.528. The molecular weight excluding hydrogens is 250 g/mol. The van der Waals surface area contributed by atoms with Crippen LogP contribution in [0.25, 0.3) is 0 Å². The zero-order chi connectivity index (χ0) is 13.9. The summed E-state index contributed by atoms with van der Waals surface area (Å²) in [5, 5.41) is 10.9. The van der Waals surface area contributed by atoms with Gasteiger partial charge in [-0.05, 0) is 12.8 Å². The van der Waals surface area contributed by atoms with E-state index in [1.807, 2.05) is 0 Å². The number of nitro groups is 1. The Balaban J connectivity index is 2.15. The maximum absolute atomic E-state index is 10.9. The van der Waals surface area contributed by atoms with E-state index in [1.165, 1.54) is 19.2 Å². The zero-order valence-electron chi connectivity index (χ0n) is 10.8. The number of nitrogens with zero attached hydrogens (tertiary/aromatic N) is 2. The summed E-state index contributed by atoms with van der Waals surface area (Å²) in [6, 6.07) is 2.75. The minimum absolute atomic E-state index is 0.0407. The smallest absolute Gasteiger partial charge is 0.331 e. The molecular formula is C12H17N3O4. The van der Waals surface area contributed by atoms with Crippen LogP contribution in [0.4, 0.5) is 5.69 Å². The van der Waals surface area contributed by atoms with Gasteiger partial charge in [0.05, 0.1) is 17.6 Å². The fourth-order valence-electron chi connectivity index (χ4n) is 2.21. The molecule has 0 unspecified atom stereocenters. The van der Waals surface area contributed by atoms with E-state index >= 15 is 0 Å². The summed E-state index contributed by atoms with van der Waals surface area (Å²) in [6.45, 7) is 0.230. The van der Waals surface area contributed by atoms with Crippen LogP contribution in [0.15, 0.2) is 12.1 Å². The van der Waals surface area contributed by atoms with Gasteiger partial charge in [0.1, 0.15) is 6.61 Å². The normalized spacial score (nSPS) is 17.2. The second kappa shape index (κ2) is 5.40. The third-order valence-corrected chi connectivity index (χ3v) is 3.32. The topological polar surface area (TPSA) is 101 Å². The molecule has 1 saturated carbocycles. The summed E-state index contributed by atoms with van der Waals surface area (Å²) in [6.07, 6.45) is 3.86. The van der Waals surface area contributed by atoms with Crippen LogP contribution in [0, 0.1) is 10.1 Å². The number of methoxy groups -OCH3 is 1. The third-order valence-electron chi connectivity index (χ3n) is 3.32. The van der Waals surface area contributed by atoms with Crippen molar-refractivity contribution in [3.8, 4) is 11.8 Å². The van der Waals surface area contributed by atoms with E-state index in [4.69, 9.17) is 15.2 Å². The summed E-state index contributed by atoms with van der Waals surface area (Å²) in [5.41, 5.74) is 5.57. The van der Waals surface area contributed by atoms with Crippen LogP contribution in [0.3, 0.4) is 0 Å². The molecule has 1 aromatic heterocycles. The van der Waals surface area contributed by atoms with Gasteiger partial charge in [-0.1, -0.05) is 12.8 Å². The Bertz CT molecular complexity index is 472. The molecule has 0 spiro atoms. The molecule has 1 aromatic rings. The van der Waals surface area contributed by atoms with Crippen molar-refractivity contribution < 1.29 is 14.4 Å². The van der Waals surface area contributed by atoms with E-state index in [1.54, 1.807) is 0 Å². The number of nitrogens with two attached hydrogens (primary N) is 1. The Labute approximate surface area is 110 Å². The van der Waals surface area contributed by atoms with Crippen molar-refractivity contribution in [2.24, 2.45) is 5.73 Å². The first-order chi connectivity index (χ1) is 9.04.